The van der Waals surface area contributed by atoms with Gasteiger partial charge in [-0.3, -0.25) is 33.6 Å². The van der Waals surface area contributed by atoms with E-state index < -0.39 is 47.9 Å². The third-order valence-corrected chi connectivity index (χ3v) is 15.4. The number of hydrogen-bond acceptors (Lipinski definition) is 13. The molecule has 0 spiro atoms. The Balaban J connectivity index is 1.56. The van der Waals surface area contributed by atoms with Gasteiger partial charge < -0.3 is 41.1 Å². The van der Waals surface area contributed by atoms with Gasteiger partial charge in [-0.05, 0) is 73.8 Å². The monoisotopic (exact) mass is 1040 g/mol. The molecule has 2 heterocycles. The Morgan fingerprint density at radius 3 is 2.10 bits per heavy atom. The first-order chi connectivity index (χ1) is 34.0. The van der Waals surface area contributed by atoms with Crippen molar-refractivity contribution < 1.29 is 38.3 Å². The van der Waals surface area contributed by atoms with Crippen molar-refractivity contribution in [2.45, 2.75) is 128 Å². The standard InChI is InChI=1S/C52H76N8O8S3/c1-8-36(4)30-47(63)58(6)44(35(2)3)32-45(68-37(5)61)51-57-43(34-71-51)50(66)56-42(33-70-39-20-13-10-14-21-39)49(65)54-40(22-15-16-24-53)48(64)55-41(31-38-18-11-9-12-19-38)52(67)60-27-25-59(26-28-60)46(62)23-17-29-69-7/h9-14,18-21,34-36,40-42,44-45H,8,15-17,22-33,53H2,1-7H3,(H,54,65)(H,55,64)(H,56,66)/t36-,40+,41-,42-,44+,45+/m0/s1. The van der Waals surface area contributed by atoms with Gasteiger partial charge in [-0.1, -0.05) is 82.6 Å². The number of esters is 1. The van der Waals surface area contributed by atoms with Crippen molar-refractivity contribution in [3.8, 4) is 0 Å². The number of amides is 6. The molecule has 0 radical (unpaired) electrons. The maximum Gasteiger partial charge on any atom is 0.303 e. The van der Waals surface area contributed by atoms with E-state index in [4.69, 9.17) is 10.5 Å². The van der Waals surface area contributed by atoms with E-state index in [1.54, 1.807) is 38.9 Å². The van der Waals surface area contributed by atoms with Crippen molar-refractivity contribution in [1.82, 2.24) is 35.6 Å². The van der Waals surface area contributed by atoms with E-state index in [0.29, 0.717) is 63.4 Å². The minimum Gasteiger partial charge on any atom is -0.455 e. The van der Waals surface area contributed by atoms with Gasteiger partial charge in [0, 0.05) is 87.9 Å². The van der Waals surface area contributed by atoms with Crippen molar-refractivity contribution >= 4 is 76.3 Å². The molecular formula is C52H76N8O8S3. The summed E-state index contributed by atoms with van der Waals surface area (Å²) in [5.74, 6) is -1.36. The van der Waals surface area contributed by atoms with Crippen molar-refractivity contribution in [2.75, 3.05) is 57.5 Å². The highest BCUT2D eigenvalue weighted by Crippen LogP contribution is 2.31. The van der Waals surface area contributed by atoms with E-state index in [1.807, 2.05) is 94.6 Å². The molecule has 16 nitrogen and oxygen atoms in total. The second-order valence-electron chi connectivity index (χ2n) is 18.5. The van der Waals surface area contributed by atoms with E-state index in [9.17, 15) is 33.6 Å². The minimum absolute atomic E-state index is 0.00672. The third kappa shape index (κ3) is 19.5. The number of thiazole rings is 1. The van der Waals surface area contributed by atoms with Crippen molar-refractivity contribution in [3.63, 3.8) is 0 Å². The Hall–Kier alpha value is -4.98. The molecule has 0 bridgehead atoms. The van der Waals surface area contributed by atoms with Crippen molar-refractivity contribution in [1.29, 1.82) is 0 Å². The number of thioether (sulfide) groups is 2. The number of nitrogens with zero attached hydrogens (tertiary/aromatic N) is 4. The lowest BCUT2D eigenvalue weighted by Gasteiger charge is -2.37. The molecule has 1 aliphatic heterocycles. The van der Waals surface area contributed by atoms with Gasteiger partial charge in [-0.25, -0.2) is 4.98 Å². The molecule has 3 aromatic rings. The first-order valence-electron chi connectivity index (χ1n) is 24.8. The van der Waals surface area contributed by atoms with Crippen LogP contribution in [0.4, 0.5) is 0 Å². The molecule has 6 atom stereocenters. The average Bonchev–Trinajstić information content (AvgIpc) is 3.87. The molecule has 19 heteroatoms. The number of nitrogens with one attached hydrogen (secondary N) is 3. The SMILES string of the molecule is CC[C@H](C)CC(=O)N(C)[C@H](C[C@@H](OC(C)=O)c1nc(C(=O)N[C@@H](CSc2ccccc2)C(=O)N[C@H](CCCCN)C(=O)N[C@@H](Cc2ccccc2)C(=O)N2CCN(C(=O)CCCSC)CC2)cs1)C(C)C. The van der Waals surface area contributed by atoms with E-state index in [0.717, 1.165) is 40.4 Å². The normalized spacial score (nSPS) is 15.2. The van der Waals surface area contributed by atoms with Crippen LogP contribution in [0.5, 0.6) is 0 Å². The molecule has 71 heavy (non-hydrogen) atoms. The number of carbonyl (C=O) groups is 7. The number of aromatic nitrogens is 1. The van der Waals surface area contributed by atoms with E-state index in [1.165, 1.54) is 18.7 Å². The molecule has 6 amide bonds. The lowest BCUT2D eigenvalue weighted by atomic mass is 9.95. The fourth-order valence-electron chi connectivity index (χ4n) is 8.20. The zero-order valence-corrected chi connectivity index (χ0v) is 45.0. The quantitative estimate of drug-likeness (QED) is 0.0353. The van der Waals surface area contributed by atoms with Crippen LogP contribution in [0.25, 0.3) is 0 Å². The Morgan fingerprint density at radius 2 is 1.48 bits per heavy atom. The van der Waals surface area contributed by atoms with Crippen LogP contribution in [0.1, 0.15) is 113 Å². The molecule has 390 valence electrons. The number of piperazine rings is 1. The van der Waals surface area contributed by atoms with Gasteiger partial charge in [0.1, 0.15) is 28.8 Å². The van der Waals surface area contributed by atoms with Crippen LogP contribution in [0.15, 0.2) is 70.9 Å². The first-order valence-corrected chi connectivity index (χ1v) is 28.1. The summed E-state index contributed by atoms with van der Waals surface area (Å²) in [6.45, 7) is 11.2. The summed E-state index contributed by atoms with van der Waals surface area (Å²) >= 11 is 4.19. The average molecular weight is 1040 g/mol. The summed E-state index contributed by atoms with van der Waals surface area (Å²) in [4.78, 5) is 107. The number of carbonyl (C=O) groups excluding carboxylic acids is 7. The fraction of sp³-hybridized carbons (Fsp3) is 0.577. The lowest BCUT2D eigenvalue weighted by Crippen LogP contribution is -2.59. The van der Waals surface area contributed by atoms with Crippen molar-refractivity contribution in [2.24, 2.45) is 17.6 Å². The maximum absolute atomic E-state index is 14.5. The van der Waals surface area contributed by atoms with Gasteiger partial charge in [0.2, 0.25) is 29.5 Å². The highest BCUT2D eigenvalue weighted by Gasteiger charge is 2.35. The number of benzene rings is 2. The second-order valence-corrected chi connectivity index (χ2v) is 21.5. The number of ether oxygens (including phenoxy) is 1. The highest BCUT2D eigenvalue weighted by molar-refractivity contribution is 7.99. The molecule has 4 rings (SSSR count). The summed E-state index contributed by atoms with van der Waals surface area (Å²) < 4.78 is 5.78. The van der Waals surface area contributed by atoms with Crippen molar-refractivity contribution in [3.05, 3.63) is 82.3 Å². The van der Waals surface area contributed by atoms with Gasteiger partial charge >= 0.3 is 5.97 Å². The topological polar surface area (TPSA) is 213 Å². The summed E-state index contributed by atoms with van der Waals surface area (Å²) in [7, 11) is 1.76. The molecule has 1 aliphatic rings. The van der Waals surface area contributed by atoms with Crippen LogP contribution in [-0.2, 0) is 39.9 Å². The molecule has 5 N–H and O–H groups in total. The van der Waals surface area contributed by atoms with Crippen LogP contribution in [0.2, 0.25) is 0 Å². The second kappa shape index (κ2) is 30.8. The zero-order chi connectivity index (χ0) is 51.9. The van der Waals surface area contributed by atoms with E-state index in [2.05, 4.69) is 20.9 Å². The van der Waals surface area contributed by atoms with Crippen LogP contribution >= 0.6 is 34.9 Å². The number of rotatable bonds is 29. The van der Waals surface area contributed by atoms with E-state index >= 15 is 0 Å². The summed E-state index contributed by atoms with van der Waals surface area (Å²) in [5, 5.41) is 10.7. The molecule has 2 aromatic carbocycles. The molecule has 1 fully saturated rings. The van der Waals surface area contributed by atoms with Gasteiger partial charge in [0.15, 0.2) is 6.10 Å². The Labute approximate surface area is 433 Å². The zero-order valence-electron chi connectivity index (χ0n) is 42.6. The maximum atomic E-state index is 14.5. The predicted octanol–water partition coefficient (Wildman–Crippen LogP) is 6.10. The molecule has 1 saturated heterocycles. The largest absolute Gasteiger partial charge is 0.455 e. The predicted molar refractivity (Wildman–Crippen MR) is 283 cm³/mol. The molecular weight excluding hydrogens is 961 g/mol. The Kier molecular flexibility index (Phi) is 25.4. The van der Waals surface area contributed by atoms with Gasteiger partial charge in [0.25, 0.3) is 5.91 Å². The third-order valence-electron chi connectivity index (χ3n) is 12.6. The molecule has 1 aromatic heterocycles. The van der Waals surface area contributed by atoms with Crippen LogP contribution in [0.3, 0.4) is 0 Å². The summed E-state index contributed by atoms with van der Waals surface area (Å²) in [6.07, 6.45) is 5.43. The lowest BCUT2D eigenvalue weighted by molar-refractivity contribution is -0.148. The molecule has 0 saturated carbocycles. The minimum atomic E-state index is -1.15. The summed E-state index contributed by atoms with van der Waals surface area (Å²) in [6, 6.07) is 15.3. The first kappa shape index (κ1) is 58.6. The van der Waals surface area contributed by atoms with E-state index in [-0.39, 0.29) is 66.3 Å². The Bertz CT molecular complexity index is 2160. The van der Waals surface area contributed by atoms with Gasteiger partial charge in [-0.2, -0.15) is 11.8 Å². The molecule has 0 aliphatic carbocycles. The van der Waals surface area contributed by atoms with Gasteiger partial charge in [0.05, 0.1) is 0 Å². The summed E-state index contributed by atoms with van der Waals surface area (Å²) in [5.41, 5.74) is 6.70. The van der Waals surface area contributed by atoms with Crippen LogP contribution < -0.4 is 21.7 Å². The van der Waals surface area contributed by atoms with Gasteiger partial charge in [-0.15, -0.1) is 23.1 Å². The fourth-order valence-corrected chi connectivity index (χ4v) is 10.4. The van der Waals surface area contributed by atoms with Crippen LogP contribution in [-0.4, -0.2) is 143 Å². The smallest absolute Gasteiger partial charge is 0.303 e. The van der Waals surface area contributed by atoms with Crippen LogP contribution in [0, 0.1) is 11.8 Å². The number of nitrogens with two attached hydrogens (primary N) is 1. The Morgan fingerprint density at radius 1 is 0.845 bits per heavy atom. The molecule has 0 unspecified atom stereocenters. The number of hydrogen-bond donors (Lipinski definition) is 4. The highest BCUT2D eigenvalue weighted by atomic mass is 32.2. The number of unbranched alkanes of at least 4 members (excludes halogenated alkanes) is 1.